The highest BCUT2D eigenvalue weighted by molar-refractivity contribution is 5.97. The lowest BCUT2D eigenvalue weighted by atomic mass is 10.1. The predicted molar refractivity (Wildman–Crippen MR) is 75.0 cm³/mol. The number of benzene rings is 2. The van der Waals surface area contributed by atoms with E-state index in [1.54, 1.807) is 0 Å². The average Bonchev–Trinajstić information content (AvgIpc) is 2.85. The lowest BCUT2D eigenvalue weighted by molar-refractivity contribution is -0.117. The number of hydrogen-bond acceptors (Lipinski definition) is 3. The summed E-state index contributed by atoms with van der Waals surface area (Å²) >= 11 is 0. The number of aliphatic hydroxyl groups excluding tert-OH is 1. The van der Waals surface area contributed by atoms with Crippen molar-refractivity contribution in [1.82, 2.24) is 5.32 Å². The molecule has 0 aliphatic carbocycles. The van der Waals surface area contributed by atoms with Crippen molar-refractivity contribution in [3.8, 4) is 0 Å². The van der Waals surface area contributed by atoms with Gasteiger partial charge in [0.25, 0.3) is 0 Å². The standard InChI is InChI=1S/C15H16N2O2/c18-13-8-14(16-9-13)15(19)17-12-6-5-10-3-1-2-4-11(10)7-12/h1-7,13-14,16,18H,8-9H2,(H,17,19). The highest BCUT2D eigenvalue weighted by Gasteiger charge is 2.27. The average molecular weight is 256 g/mol. The number of fused-ring (bicyclic) bond motifs is 1. The summed E-state index contributed by atoms with van der Waals surface area (Å²) in [5.41, 5.74) is 0.784. The van der Waals surface area contributed by atoms with E-state index in [1.165, 1.54) is 0 Å². The Hall–Kier alpha value is -1.91. The van der Waals surface area contributed by atoms with E-state index < -0.39 is 6.10 Å². The third-order valence-corrected chi connectivity index (χ3v) is 3.44. The third kappa shape index (κ3) is 2.59. The van der Waals surface area contributed by atoms with E-state index in [0.717, 1.165) is 16.5 Å². The molecule has 0 saturated carbocycles. The molecule has 1 saturated heterocycles. The maximum Gasteiger partial charge on any atom is 0.241 e. The van der Waals surface area contributed by atoms with Crippen LogP contribution in [-0.2, 0) is 4.79 Å². The molecule has 1 fully saturated rings. The van der Waals surface area contributed by atoms with Crippen LogP contribution >= 0.6 is 0 Å². The van der Waals surface area contributed by atoms with Gasteiger partial charge in [-0.25, -0.2) is 0 Å². The van der Waals surface area contributed by atoms with Gasteiger partial charge in [-0.15, -0.1) is 0 Å². The Kier molecular flexibility index (Phi) is 3.19. The van der Waals surface area contributed by atoms with Crippen molar-refractivity contribution >= 4 is 22.4 Å². The first-order chi connectivity index (χ1) is 9.22. The van der Waals surface area contributed by atoms with E-state index in [9.17, 15) is 9.90 Å². The van der Waals surface area contributed by atoms with Gasteiger partial charge in [0.05, 0.1) is 12.1 Å². The number of amides is 1. The zero-order valence-electron chi connectivity index (χ0n) is 10.5. The number of carbonyl (C=O) groups is 1. The number of carbonyl (C=O) groups excluding carboxylic acids is 1. The second kappa shape index (κ2) is 4.99. The molecule has 0 spiro atoms. The zero-order valence-corrected chi connectivity index (χ0v) is 10.5. The van der Waals surface area contributed by atoms with E-state index in [2.05, 4.69) is 10.6 Å². The lowest BCUT2D eigenvalue weighted by Gasteiger charge is -2.11. The maximum absolute atomic E-state index is 12.0. The highest BCUT2D eigenvalue weighted by Crippen LogP contribution is 2.19. The Morgan fingerprint density at radius 3 is 2.74 bits per heavy atom. The van der Waals surface area contributed by atoms with Crippen LogP contribution in [0.2, 0.25) is 0 Å². The highest BCUT2D eigenvalue weighted by atomic mass is 16.3. The van der Waals surface area contributed by atoms with Crippen LogP contribution < -0.4 is 10.6 Å². The molecule has 4 heteroatoms. The molecule has 2 atom stereocenters. The fourth-order valence-corrected chi connectivity index (χ4v) is 2.41. The molecular weight excluding hydrogens is 240 g/mol. The van der Waals surface area contributed by atoms with E-state index >= 15 is 0 Å². The maximum atomic E-state index is 12.0. The Labute approximate surface area is 111 Å². The number of β-amino-alcohol motifs (C(OH)–C–C–N with tert-alkyl or cyclic N) is 1. The van der Waals surface area contributed by atoms with Gasteiger partial charge in [0.1, 0.15) is 0 Å². The Bertz CT molecular complexity index is 612. The summed E-state index contributed by atoms with van der Waals surface area (Å²) in [6.45, 7) is 0.482. The molecule has 2 aromatic rings. The molecule has 3 N–H and O–H groups in total. The second-order valence-electron chi connectivity index (χ2n) is 4.90. The SMILES string of the molecule is O=C(Nc1ccc2ccccc2c1)C1CC(O)CN1. The summed E-state index contributed by atoms with van der Waals surface area (Å²) in [6, 6.07) is 13.6. The lowest BCUT2D eigenvalue weighted by Crippen LogP contribution is -2.35. The minimum Gasteiger partial charge on any atom is -0.392 e. The molecule has 4 nitrogen and oxygen atoms in total. The van der Waals surface area contributed by atoms with Gasteiger partial charge >= 0.3 is 0 Å². The second-order valence-corrected chi connectivity index (χ2v) is 4.90. The summed E-state index contributed by atoms with van der Waals surface area (Å²) in [7, 11) is 0. The van der Waals surface area contributed by atoms with Crippen LogP contribution in [0.1, 0.15) is 6.42 Å². The summed E-state index contributed by atoms with van der Waals surface area (Å²) in [6.07, 6.45) is 0.0479. The van der Waals surface area contributed by atoms with Crippen molar-refractivity contribution in [2.45, 2.75) is 18.6 Å². The largest absolute Gasteiger partial charge is 0.392 e. The Morgan fingerprint density at radius 1 is 1.21 bits per heavy atom. The van der Waals surface area contributed by atoms with E-state index in [0.29, 0.717) is 13.0 Å². The monoisotopic (exact) mass is 256 g/mol. The van der Waals surface area contributed by atoms with Crippen molar-refractivity contribution in [1.29, 1.82) is 0 Å². The molecule has 0 bridgehead atoms. The summed E-state index contributed by atoms with van der Waals surface area (Å²) < 4.78 is 0. The molecule has 98 valence electrons. The van der Waals surface area contributed by atoms with Gasteiger partial charge in [0.15, 0.2) is 0 Å². The molecule has 2 aromatic carbocycles. The number of aliphatic hydroxyl groups is 1. The van der Waals surface area contributed by atoms with Gasteiger partial charge in [-0.2, -0.15) is 0 Å². The van der Waals surface area contributed by atoms with Crippen molar-refractivity contribution in [2.75, 3.05) is 11.9 Å². The summed E-state index contributed by atoms with van der Waals surface area (Å²) in [5, 5.41) is 17.5. The third-order valence-electron chi connectivity index (χ3n) is 3.44. The topological polar surface area (TPSA) is 61.4 Å². The fourth-order valence-electron chi connectivity index (χ4n) is 2.41. The molecule has 1 aliphatic heterocycles. The number of rotatable bonds is 2. The normalized spacial score (nSPS) is 22.6. The van der Waals surface area contributed by atoms with Gasteiger partial charge < -0.3 is 15.7 Å². The van der Waals surface area contributed by atoms with E-state index in [4.69, 9.17) is 0 Å². The predicted octanol–water partition coefficient (Wildman–Crippen LogP) is 1.50. The smallest absolute Gasteiger partial charge is 0.241 e. The first-order valence-corrected chi connectivity index (χ1v) is 6.43. The molecule has 1 aliphatic rings. The number of nitrogens with one attached hydrogen (secondary N) is 2. The van der Waals surface area contributed by atoms with Crippen molar-refractivity contribution in [3.05, 3.63) is 42.5 Å². The number of hydrogen-bond donors (Lipinski definition) is 3. The molecule has 19 heavy (non-hydrogen) atoms. The molecule has 1 amide bonds. The molecule has 0 aromatic heterocycles. The van der Waals surface area contributed by atoms with Crippen molar-refractivity contribution in [2.24, 2.45) is 0 Å². The molecule has 1 heterocycles. The van der Waals surface area contributed by atoms with Gasteiger partial charge in [-0.3, -0.25) is 4.79 Å². The summed E-state index contributed by atoms with van der Waals surface area (Å²) in [5.74, 6) is -0.0909. The fraction of sp³-hybridized carbons (Fsp3) is 0.267. The van der Waals surface area contributed by atoms with Crippen LogP contribution in [0.25, 0.3) is 10.8 Å². The van der Waals surface area contributed by atoms with Gasteiger partial charge in [-0.05, 0) is 29.3 Å². The van der Waals surface area contributed by atoms with Crippen LogP contribution in [-0.4, -0.2) is 29.7 Å². The Morgan fingerprint density at radius 2 is 2.00 bits per heavy atom. The number of anilines is 1. The summed E-state index contributed by atoms with van der Waals surface area (Å²) in [4.78, 5) is 12.0. The first-order valence-electron chi connectivity index (χ1n) is 6.43. The molecule has 2 unspecified atom stereocenters. The van der Waals surface area contributed by atoms with E-state index in [1.807, 2.05) is 42.5 Å². The molecular formula is C15H16N2O2. The van der Waals surface area contributed by atoms with E-state index in [-0.39, 0.29) is 11.9 Å². The molecule has 3 rings (SSSR count). The minimum atomic E-state index is -0.424. The van der Waals surface area contributed by atoms with Gasteiger partial charge in [-0.1, -0.05) is 30.3 Å². The van der Waals surface area contributed by atoms with Gasteiger partial charge in [0, 0.05) is 12.2 Å². The Balaban J connectivity index is 1.76. The first kappa shape index (κ1) is 12.1. The van der Waals surface area contributed by atoms with Gasteiger partial charge in [0.2, 0.25) is 5.91 Å². The van der Waals surface area contributed by atoms with Crippen LogP contribution in [0.4, 0.5) is 5.69 Å². The minimum absolute atomic E-state index is 0.0909. The van der Waals surface area contributed by atoms with Crippen molar-refractivity contribution in [3.63, 3.8) is 0 Å². The van der Waals surface area contributed by atoms with Crippen LogP contribution in [0, 0.1) is 0 Å². The van der Waals surface area contributed by atoms with Crippen LogP contribution in [0.5, 0.6) is 0 Å². The molecule has 0 radical (unpaired) electrons. The van der Waals surface area contributed by atoms with Crippen LogP contribution in [0.15, 0.2) is 42.5 Å². The van der Waals surface area contributed by atoms with Crippen molar-refractivity contribution < 1.29 is 9.90 Å². The quantitative estimate of drug-likeness (QED) is 0.763. The van der Waals surface area contributed by atoms with Crippen LogP contribution in [0.3, 0.4) is 0 Å². The zero-order chi connectivity index (χ0) is 13.2.